The number of fused-ring (bicyclic) bond motifs is 2. The van der Waals surface area contributed by atoms with Crippen LogP contribution in [0, 0.1) is 6.92 Å². The molecule has 0 aromatic heterocycles. The minimum absolute atomic E-state index is 0.163. The molecule has 4 rings (SSSR count). The molecular formula is C26H34Si2. The zero-order chi connectivity index (χ0) is 20.5. The van der Waals surface area contributed by atoms with Crippen molar-refractivity contribution < 1.29 is 0 Å². The van der Waals surface area contributed by atoms with Gasteiger partial charge in [0.15, 0.2) is 0 Å². The average Bonchev–Trinajstić information content (AvgIpc) is 3.19. The summed E-state index contributed by atoms with van der Waals surface area (Å²) in [5.74, 6) is 0. The predicted molar refractivity (Wildman–Crippen MR) is 131 cm³/mol. The van der Waals surface area contributed by atoms with Gasteiger partial charge < -0.3 is 0 Å². The quantitative estimate of drug-likeness (QED) is 0.599. The first-order valence-corrected chi connectivity index (χ1v) is 17.6. The van der Waals surface area contributed by atoms with Gasteiger partial charge in [-0.15, -0.1) is 0 Å². The van der Waals surface area contributed by atoms with E-state index in [2.05, 4.69) is 102 Å². The molecule has 0 aliphatic heterocycles. The molecule has 1 atom stereocenters. The molecule has 1 aromatic rings. The molecule has 2 heteroatoms. The van der Waals surface area contributed by atoms with Crippen LogP contribution in [0.2, 0.25) is 44.3 Å². The van der Waals surface area contributed by atoms with Gasteiger partial charge in [0.25, 0.3) is 0 Å². The Kier molecular flexibility index (Phi) is 4.33. The summed E-state index contributed by atoms with van der Waals surface area (Å²) in [6.45, 7) is 19.7. The topological polar surface area (TPSA) is 0 Å². The van der Waals surface area contributed by atoms with E-state index >= 15 is 0 Å². The third-order valence-corrected chi connectivity index (χ3v) is 12.5. The molecule has 28 heavy (non-hydrogen) atoms. The highest BCUT2D eigenvalue weighted by Crippen LogP contribution is 2.55. The number of allylic oxidation sites excluding steroid dienone is 8. The van der Waals surface area contributed by atoms with Gasteiger partial charge in [-0.3, -0.25) is 0 Å². The van der Waals surface area contributed by atoms with Gasteiger partial charge in [-0.1, -0.05) is 99.5 Å². The summed E-state index contributed by atoms with van der Waals surface area (Å²) in [4.78, 5) is 0. The van der Waals surface area contributed by atoms with Crippen molar-refractivity contribution in [3.63, 3.8) is 0 Å². The minimum atomic E-state index is -1.47. The van der Waals surface area contributed by atoms with Crippen LogP contribution in [0.25, 0.3) is 11.6 Å². The van der Waals surface area contributed by atoms with Gasteiger partial charge >= 0.3 is 0 Å². The SMILES string of the molecule is Cc1cc([Si](C)(C)C)c2c(c1)=CC1=C(C3=CC=CC3)C(C)([Si](C)(C)C)C=CC=21. The molecule has 0 radical (unpaired) electrons. The van der Waals surface area contributed by atoms with Gasteiger partial charge in [-0.05, 0) is 52.2 Å². The molecule has 0 bridgehead atoms. The van der Waals surface area contributed by atoms with Crippen LogP contribution in [-0.2, 0) is 0 Å². The Hall–Kier alpha value is -1.65. The maximum atomic E-state index is 2.56. The standard InChI is InChI=1S/C26H34Si2/c1-18-15-20-17-22-21(24(20)23(16-18)27(3,4)5)13-14-26(2,28(6,7)8)25(22)19-11-9-10-12-19/h9-11,13-17H,12H2,1-8H3. The molecule has 0 saturated carbocycles. The molecule has 1 unspecified atom stereocenters. The molecule has 3 aliphatic rings. The maximum absolute atomic E-state index is 2.56. The fourth-order valence-corrected chi connectivity index (χ4v) is 8.26. The summed E-state index contributed by atoms with van der Waals surface area (Å²) >= 11 is 0. The number of benzene rings is 1. The van der Waals surface area contributed by atoms with Crippen LogP contribution < -0.4 is 15.6 Å². The van der Waals surface area contributed by atoms with E-state index in [0.717, 1.165) is 6.42 Å². The lowest BCUT2D eigenvalue weighted by atomic mass is 9.81. The summed E-state index contributed by atoms with van der Waals surface area (Å²) in [5.41, 5.74) is 7.50. The zero-order valence-corrected chi connectivity index (χ0v) is 20.8. The van der Waals surface area contributed by atoms with Gasteiger partial charge in [-0.2, -0.15) is 0 Å². The monoisotopic (exact) mass is 402 g/mol. The van der Waals surface area contributed by atoms with E-state index in [0.29, 0.717) is 0 Å². The van der Waals surface area contributed by atoms with E-state index in [-0.39, 0.29) is 5.04 Å². The molecule has 0 nitrogen and oxygen atoms in total. The average molecular weight is 403 g/mol. The Labute approximate surface area is 172 Å². The first-order chi connectivity index (χ1) is 12.9. The molecule has 0 amide bonds. The summed E-state index contributed by atoms with van der Waals surface area (Å²) in [5, 5.41) is 4.74. The molecule has 1 aromatic carbocycles. The van der Waals surface area contributed by atoms with Crippen molar-refractivity contribution in [2.24, 2.45) is 0 Å². The van der Waals surface area contributed by atoms with Gasteiger partial charge in [0.05, 0.1) is 16.1 Å². The first-order valence-electron chi connectivity index (χ1n) is 10.6. The van der Waals surface area contributed by atoms with Crippen molar-refractivity contribution >= 4 is 33.0 Å². The summed E-state index contributed by atoms with van der Waals surface area (Å²) in [6, 6.07) is 4.86. The van der Waals surface area contributed by atoms with Crippen LogP contribution >= 0.6 is 0 Å². The first kappa shape index (κ1) is 19.7. The van der Waals surface area contributed by atoms with Crippen LogP contribution in [0.4, 0.5) is 0 Å². The van der Waals surface area contributed by atoms with Crippen molar-refractivity contribution in [2.75, 3.05) is 0 Å². The van der Waals surface area contributed by atoms with Crippen molar-refractivity contribution in [1.29, 1.82) is 0 Å². The Morgan fingerprint density at radius 1 is 0.964 bits per heavy atom. The van der Waals surface area contributed by atoms with Crippen LogP contribution in [-0.4, -0.2) is 16.1 Å². The van der Waals surface area contributed by atoms with Crippen LogP contribution in [0.3, 0.4) is 0 Å². The molecule has 0 fully saturated rings. The predicted octanol–water partition coefficient (Wildman–Crippen LogP) is 5.34. The van der Waals surface area contributed by atoms with E-state index in [9.17, 15) is 0 Å². The summed E-state index contributed by atoms with van der Waals surface area (Å²) in [7, 11) is -2.91. The molecular weight excluding hydrogens is 368 g/mol. The second-order valence-electron chi connectivity index (χ2n) is 11.0. The van der Waals surface area contributed by atoms with Crippen LogP contribution in [0.15, 0.2) is 59.2 Å². The summed E-state index contributed by atoms with van der Waals surface area (Å²) < 4.78 is 0. The highest BCUT2D eigenvalue weighted by Gasteiger charge is 2.44. The van der Waals surface area contributed by atoms with Gasteiger partial charge in [0.1, 0.15) is 0 Å². The Balaban J connectivity index is 2.13. The van der Waals surface area contributed by atoms with Crippen molar-refractivity contribution in [1.82, 2.24) is 0 Å². The largest absolute Gasteiger partial charge is 0.0801 e. The fourth-order valence-electron chi connectivity index (χ4n) is 4.95. The van der Waals surface area contributed by atoms with Crippen LogP contribution in [0.5, 0.6) is 0 Å². The molecule has 0 saturated heterocycles. The normalized spacial score (nSPS) is 23.7. The van der Waals surface area contributed by atoms with Gasteiger partial charge in [0, 0.05) is 5.04 Å². The fraction of sp³-hybridized carbons (Fsp3) is 0.385. The van der Waals surface area contributed by atoms with Crippen molar-refractivity contribution in [3.8, 4) is 0 Å². The molecule has 3 aliphatic carbocycles. The van der Waals surface area contributed by atoms with Crippen molar-refractivity contribution in [3.05, 3.63) is 75.2 Å². The molecule has 146 valence electrons. The van der Waals surface area contributed by atoms with Crippen molar-refractivity contribution in [2.45, 2.75) is 64.6 Å². The lowest BCUT2D eigenvalue weighted by Crippen LogP contribution is -2.52. The molecule has 0 N–H and O–H groups in total. The van der Waals surface area contributed by atoms with Gasteiger partial charge in [0.2, 0.25) is 0 Å². The Morgan fingerprint density at radius 3 is 2.25 bits per heavy atom. The van der Waals surface area contributed by atoms with Crippen LogP contribution in [0.1, 0.15) is 18.9 Å². The minimum Gasteiger partial charge on any atom is -0.0801 e. The highest BCUT2D eigenvalue weighted by atomic mass is 28.3. The smallest absolute Gasteiger partial charge is 0.0784 e. The lowest BCUT2D eigenvalue weighted by molar-refractivity contribution is 0.834. The van der Waals surface area contributed by atoms with E-state index < -0.39 is 16.1 Å². The number of hydrogen-bond donors (Lipinski definition) is 0. The summed E-state index contributed by atoms with van der Waals surface area (Å²) in [6.07, 6.45) is 15.5. The third-order valence-electron chi connectivity index (χ3n) is 7.00. The lowest BCUT2D eigenvalue weighted by Gasteiger charge is -2.44. The second kappa shape index (κ2) is 6.17. The van der Waals surface area contributed by atoms with E-state index in [1.807, 2.05) is 0 Å². The third kappa shape index (κ3) is 2.84. The Bertz CT molecular complexity index is 1110. The van der Waals surface area contributed by atoms with E-state index in [1.54, 1.807) is 10.8 Å². The van der Waals surface area contributed by atoms with Gasteiger partial charge in [-0.25, -0.2) is 0 Å². The zero-order valence-electron chi connectivity index (χ0n) is 18.8. The second-order valence-corrected chi connectivity index (χ2v) is 21.6. The number of hydrogen-bond acceptors (Lipinski definition) is 0. The number of rotatable bonds is 3. The van der Waals surface area contributed by atoms with E-state index in [1.165, 1.54) is 32.7 Å². The molecule has 0 spiro atoms. The Morgan fingerprint density at radius 2 is 1.68 bits per heavy atom. The highest BCUT2D eigenvalue weighted by molar-refractivity contribution is 6.88. The number of aryl methyl sites for hydroxylation is 1. The molecule has 0 heterocycles. The van der Waals surface area contributed by atoms with E-state index in [4.69, 9.17) is 0 Å². The maximum Gasteiger partial charge on any atom is 0.0784 e.